The third kappa shape index (κ3) is 3.47. The van der Waals surface area contributed by atoms with E-state index in [1.807, 2.05) is 0 Å². The van der Waals surface area contributed by atoms with Gasteiger partial charge in [-0.05, 0) is 45.7 Å². The van der Waals surface area contributed by atoms with E-state index in [9.17, 15) is 21.6 Å². The van der Waals surface area contributed by atoms with E-state index >= 15 is 0 Å². The van der Waals surface area contributed by atoms with Crippen LogP contribution in [-0.4, -0.2) is 67.0 Å². The van der Waals surface area contributed by atoms with E-state index in [0.717, 1.165) is 44.7 Å². The van der Waals surface area contributed by atoms with Gasteiger partial charge in [-0.25, -0.2) is 13.4 Å². The molecule has 3 aliphatic heterocycles. The molecular weight excluding hydrogens is 407 g/mol. The normalized spacial score (nSPS) is 28.9. The molecule has 1 spiro atoms. The highest BCUT2D eigenvalue weighted by atomic mass is 32.2. The number of likely N-dealkylation sites (tertiary alicyclic amines) is 1. The lowest BCUT2D eigenvalue weighted by atomic mass is 9.72. The number of pyridine rings is 1. The van der Waals surface area contributed by atoms with Gasteiger partial charge in [-0.15, -0.1) is 0 Å². The van der Waals surface area contributed by atoms with E-state index in [-0.39, 0.29) is 27.6 Å². The monoisotopic (exact) mass is 433 g/mol. The number of rotatable bonds is 4. The zero-order valence-corrected chi connectivity index (χ0v) is 17.6. The van der Waals surface area contributed by atoms with Gasteiger partial charge in [-0.2, -0.15) is 17.5 Å². The number of sulfonamides is 1. The van der Waals surface area contributed by atoms with Crippen molar-refractivity contribution in [3.8, 4) is 0 Å². The lowest BCUT2D eigenvalue weighted by Crippen LogP contribution is -2.75. The summed E-state index contributed by atoms with van der Waals surface area (Å²) < 4.78 is 71.4. The molecule has 3 fully saturated rings. The van der Waals surface area contributed by atoms with Crippen molar-refractivity contribution in [2.45, 2.75) is 56.3 Å². The number of hydrogen-bond acceptors (Lipinski definition) is 5. The van der Waals surface area contributed by atoms with Gasteiger partial charge >= 0.3 is 6.18 Å². The van der Waals surface area contributed by atoms with Crippen LogP contribution in [0.1, 0.15) is 38.1 Å². The molecule has 4 rings (SSSR count). The Morgan fingerprint density at radius 3 is 2.38 bits per heavy atom. The van der Waals surface area contributed by atoms with Gasteiger partial charge in [0.2, 0.25) is 10.0 Å². The topological polar surface area (TPSA) is 62.7 Å². The van der Waals surface area contributed by atoms with Gasteiger partial charge in [-0.3, -0.25) is 4.90 Å². The molecule has 0 aliphatic carbocycles. The van der Waals surface area contributed by atoms with Crippen molar-refractivity contribution < 1.29 is 26.3 Å². The standard InChI is InChI=1S/C19H26F3N3O3S/c1-13-15(5-6-16(23-13)19(20,21)22)29(26,27)25-11-18(12-25)9-24(10-18)14(2)17(3)7-4-8-28-17/h5-6,14H,4,7-12H2,1-3H3/t14?,17-/m0/s1. The first kappa shape index (κ1) is 21.0. The SMILES string of the molecule is Cc1nc(C(F)(F)F)ccc1S(=O)(=O)N1CC2(CN(C(C)[C@]3(C)CCCO3)C2)C1. The Labute approximate surface area is 169 Å². The molecule has 0 radical (unpaired) electrons. The predicted octanol–water partition coefficient (Wildman–Crippen LogP) is 2.67. The van der Waals surface area contributed by atoms with Crippen LogP contribution in [0.4, 0.5) is 13.2 Å². The number of hydrogen-bond donors (Lipinski definition) is 0. The highest BCUT2D eigenvalue weighted by Crippen LogP contribution is 2.45. The van der Waals surface area contributed by atoms with Crippen molar-refractivity contribution in [3.63, 3.8) is 0 Å². The van der Waals surface area contributed by atoms with Crippen molar-refractivity contribution in [2.24, 2.45) is 5.41 Å². The summed E-state index contributed by atoms with van der Waals surface area (Å²) in [5, 5.41) is 0. The summed E-state index contributed by atoms with van der Waals surface area (Å²) in [4.78, 5) is 5.63. The molecule has 1 aromatic heterocycles. The average molecular weight is 433 g/mol. The molecule has 0 aromatic carbocycles. The second kappa shape index (κ2) is 6.63. The smallest absolute Gasteiger partial charge is 0.374 e. The Balaban J connectivity index is 1.40. The molecule has 0 saturated carbocycles. The molecular formula is C19H26F3N3O3S. The molecule has 2 atom stereocenters. The summed E-state index contributed by atoms with van der Waals surface area (Å²) in [5.41, 5.74) is -1.43. The summed E-state index contributed by atoms with van der Waals surface area (Å²) >= 11 is 0. The maximum absolute atomic E-state index is 12.9. The molecule has 1 unspecified atom stereocenters. The van der Waals surface area contributed by atoms with E-state index in [4.69, 9.17) is 4.74 Å². The molecule has 29 heavy (non-hydrogen) atoms. The Kier molecular flexibility index (Phi) is 4.81. The van der Waals surface area contributed by atoms with E-state index in [1.165, 1.54) is 11.2 Å². The van der Waals surface area contributed by atoms with Crippen LogP contribution in [0.3, 0.4) is 0 Å². The fourth-order valence-corrected chi connectivity index (χ4v) is 6.62. The van der Waals surface area contributed by atoms with Crippen LogP contribution in [0.5, 0.6) is 0 Å². The molecule has 4 heterocycles. The highest BCUT2D eigenvalue weighted by molar-refractivity contribution is 7.89. The van der Waals surface area contributed by atoms with Gasteiger partial charge in [0.25, 0.3) is 0 Å². The van der Waals surface area contributed by atoms with Crippen LogP contribution in [-0.2, 0) is 20.9 Å². The Hall–Kier alpha value is -1.23. The average Bonchev–Trinajstić information content (AvgIpc) is 2.98. The number of halogens is 3. The quantitative estimate of drug-likeness (QED) is 0.731. The van der Waals surface area contributed by atoms with Gasteiger partial charge in [0.1, 0.15) is 10.6 Å². The van der Waals surface area contributed by atoms with Gasteiger partial charge < -0.3 is 4.74 Å². The fraction of sp³-hybridized carbons (Fsp3) is 0.737. The van der Waals surface area contributed by atoms with Crippen LogP contribution in [0.2, 0.25) is 0 Å². The summed E-state index contributed by atoms with van der Waals surface area (Å²) in [6.45, 7) is 8.76. The minimum Gasteiger partial charge on any atom is -0.374 e. The van der Waals surface area contributed by atoms with E-state index in [2.05, 4.69) is 23.7 Å². The fourth-order valence-electron chi connectivity index (χ4n) is 4.80. The number of nitrogens with zero attached hydrogens (tertiary/aromatic N) is 3. The van der Waals surface area contributed by atoms with Gasteiger partial charge in [0.15, 0.2) is 0 Å². The maximum atomic E-state index is 12.9. The minimum absolute atomic E-state index is 0.0659. The Morgan fingerprint density at radius 1 is 1.21 bits per heavy atom. The summed E-state index contributed by atoms with van der Waals surface area (Å²) in [5.74, 6) is 0. The second-order valence-electron chi connectivity index (χ2n) is 8.90. The number of ether oxygens (including phenoxy) is 1. The summed E-state index contributed by atoms with van der Waals surface area (Å²) in [6.07, 6.45) is -2.51. The third-order valence-corrected chi connectivity index (χ3v) is 8.65. The minimum atomic E-state index is -4.60. The van der Waals surface area contributed by atoms with Gasteiger partial charge in [0.05, 0.1) is 11.3 Å². The Morgan fingerprint density at radius 2 is 1.86 bits per heavy atom. The molecule has 1 aromatic rings. The number of aryl methyl sites for hydroxylation is 1. The molecule has 162 valence electrons. The molecule has 0 bridgehead atoms. The van der Waals surface area contributed by atoms with Gasteiger partial charge in [-0.1, -0.05) is 0 Å². The molecule has 0 N–H and O–H groups in total. The molecule has 6 nitrogen and oxygen atoms in total. The van der Waals surface area contributed by atoms with Crippen molar-refractivity contribution in [1.82, 2.24) is 14.2 Å². The van der Waals surface area contributed by atoms with Crippen molar-refractivity contribution in [2.75, 3.05) is 32.8 Å². The zero-order valence-electron chi connectivity index (χ0n) is 16.8. The lowest BCUT2D eigenvalue weighted by molar-refractivity contribution is -0.142. The first-order valence-corrected chi connectivity index (χ1v) is 11.2. The van der Waals surface area contributed by atoms with Crippen LogP contribution >= 0.6 is 0 Å². The first-order chi connectivity index (χ1) is 13.4. The molecule has 3 saturated heterocycles. The summed E-state index contributed by atoms with van der Waals surface area (Å²) in [7, 11) is -3.85. The number of alkyl halides is 3. The largest absolute Gasteiger partial charge is 0.433 e. The van der Waals surface area contributed by atoms with Crippen LogP contribution in [0.25, 0.3) is 0 Å². The van der Waals surface area contributed by atoms with E-state index in [0.29, 0.717) is 13.1 Å². The van der Waals surface area contributed by atoms with Crippen LogP contribution < -0.4 is 0 Å². The predicted molar refractivity (Wildman–Crippen MR) is 99.8 cm³/mol. The highest BCUT2D eigenvalue weighted by Gasteiger charge is 2.58. The van der Waals surface area contributed by atoms with Crippen molar-refractivity contribution in [3.05, 3.63) is 23.5 Å². The molecule has 10 heteroatoms. The van der Waals surface area contributed by atoms with Crippen molar-refractivity contribution >= 4 is 10.0 Å². The van der Waals surface area contributed by atoms with Crippen LogP contribution in [0.15, 0.2) is 17.0 Å². The second-order valence-corrected chi connectivity index (χ2v) is 10.8. The first-order valence-electron chi connectivity index (χ1n) is 9.79. The van der Waals surface area contributed by atoms with Gasteiger partial charge in [0, 0.05) is 44.2 Å². The zero-order chi connectivity index (χ0) is 21.2. The number of aromatic nitrogens is 1. The third-order valence-electron chi connectivity index (χ3n) is 6.73. The summed E-state index contributed by atoms with van der Waals surface area (Å²) in [6, 6.07) is 2.01. The maximum Gasteiger partial charge on any atom is 0.433 e. The van der Waals surface area contributed by atoms with E-state index < -0.39 is 21.9 Å². The van der Waals surface area contributed by atoms with Crippen molar-refractivity contribution in [1.29, 1.82) is 0 Å². The molecule has 3 aliphatic rings. The Bertz CT molecular complexity index is 899. The lowest BCUT2D eigenvalue weighted by Gasteiger charge is -2.62. The van der Waals surface area contributed by atoms with E-state index in [1.54, 1.807) is 0 Å². The molecule has 0 amide bonds. The van der Waals surface area contributed by atoms with Crippen LogP contribution in [0, 0.1) is 12.3 Å².